The second kappa shape index (κ2) is 9.71. The lowest BCUT2D eigenvalue weighted by molar-refractivity contribution is -0.115. The van der Waals surface area contributed by atoms with Crippen LogP contribution in [0.3, 0.4) is 0 Å². The van der Waals surface area contributed by atoms with E-state index in [1.807, 2.05) is 22.9 Å². The number of benzene rings is 1. The number of amidine groups is 1. The molecule has 0 saturated carbocycles. The van der Waals surface area contributed by atoms with Crippen LogP contribution in [0.1, 0.15) is 31.4 Å². The Labute approximate surface area is 189 Å². The molecule has 1 aliphatic heterocycles. The second-order valence-electron chi connectivity index (χ2n) is 7.12. The third-order valence-corrected chi connectivity index (χ3v) is 8.03. The van der Waals surface area contributed by atoms with Crippen LogP contribution in [0.5, 0.6) is 0 Å². The Morgan fingerprint density at radius 1 is 1.06 bits per heavy atom. The summed E-state index contributed by atoms with van der Waals surface area (Å²) in [4.78, 5) is 22.4. The molecular formula is C21H22N4O3S3. The predicted molar refractivity (Wildman–Crippen MR) is 125 cm³/mol. The quantitative estimate of drug-likeness (QED) is 0.556. The summed E-state index contributed by atoms with van der Waals surface area (Å²) in [7, 11) is -3.69. The molecule has 31 heavy (non-hydrogen) atoms. The normalized spacial score (nSPS) is 14.5. The van der Waals surface area contributed by atoms with E-state index in [-0.39, 0.29) is 17.2 Å². The topological polar surface area (TPSA) is 101 Å². The van der Waals surface area contributed by atoms with E-state index in [1.54, 1.807) is 23.5 Å². The van der Waals surface area contributed by atoms with Crippen LogP contribution in [0.2, 0.25) is 0 Å². The van der Waals surface area contributed by atoms with Gasteiger partial charge in [0.1, 0.15) is 10.8 Å². The maximum atomic E-state index is 12.6. The van der Waals surface area contributed by atoms with E-state index in [4.69, 9.17) is 0 Å². The lowest BCUT2D eigenvalue weighted by Gasteiger charge is -2.10. The number of rotatable bonds is 6. The zero-order valence-corrected chi connectivity index (χ0v) is 19.2. The zero-order valence-electron chi connectivity index (χ0n) is 16.7. The van der Waals surface area contributed by atoms with Crippen LogP contribution < -0.4 is 10.0 Å². The molecule has 0 radical (unpaired) electrons. The van der Waals surface area contributed by atoms with Crippen molar-refractivity contribution in [1.29, 1.82) is 0 Å². The summed E-state index contributed by atoms with van der Waals surface area (Å²) in [5.41, 5.74) is 1.24. The van der Waals surface area contributed by atoms with Crippen LogP contribution in [0, 0.1) is 0 Å². The number of thiazole rings is 1. The van der Waals surface area contributed by atoms with Crippen molar-refractivity contribution in [3.8, 4) is 9.88 Å². The molecule has 7 nitrogen and oxygen atoms in total. The van der Waals surface area contributed by atoms with E-state index < -0.39 is 10.0 Å². The van der Waals surface area contributed by atoms with E-state index in [2.05, 4.69) is 20.0 Å². The van der Waals surface area contributed by atoms with E-state index in [9.17, 15) is 13.2 Å². The zero-order chi connectivity index (χ0) is 21.7. The van der Waals surface area contributed by atoms with Crippen molar-refractivity contribution in [2.24, 2.45) is 4.99 Å². The van der Waals surface area contributed by atoms with Crippen LogP contribution in [0.15, 0.2) is 57.0 Å². The number of nitrogens with one attached hydrogen (secondary N) is 2. The lowest BCUT2D eigenvalue weighted by Crippen LogP contribution is -2.30. The van der Waals surface area contributed by atoms with Gasteiger partial charge in [0.25, 0.3) is 10.0 Å². The van der Waals surface area contributed by atoms with Gasteiger partial charge in [0.2, 0.25) is 5.91 Å². The summed E-state index contributed by atoms with van der Waals surface area (Å²) in [6, 6.07) is 10.1. The Morgan fingerprint density at radius 2 is 1.90 bits per heavy atom. The molecule has 0 atom stereocenters. The SMILES string of the molecule is O=C(Cc1csc(-c2cccs2)n1)Nc1ccc(S(=O)(=O)NC2=NCCCCC2)cc1. The van der Waals surface area contributed by atoms with Crippen LogP contribution in [0.25, 0.3) is 9.88 Å². The van der Waals surface area contributed by atoms with Gasteiger partial charge in [0.15, 0.2) is 0 Å². The number of aromatic nitrogens is 1. The van der Waals surface area contributed by atoms with E-state index in [1.165, 1.54) is 23.5 Å². The maximum Gasteiger partial charge on any atom is 0.262 e. The second-order valence-corrected chi connectivity index (χ2v) is 10.6. The van der Waals surface area contributed by atoms with Gasteiger partial charge in [0.05, 0.1) is 21.9 Å². The molecule has 1 aliphatic rings. The summed E-state index contributed by atoms with van der Waals surface area (Å²) < 4.78 is 27.8. The van der Waals surface area contributed by atoms with Crippen molar-refractivity contribution in [2.75, 3.05) is 11.9 Å². The summed E-state index contributed by atoms with van der Waals surface area (Å²) in [6.45, 7) is 0.649. The highest BCUT2D eigenvalue weighted by Crippen LogP contribution is 2.28. The molecule has 2 N–H and O–H groups in total. The minimum absolute atomic E-state index is 0.137. The number of amides is 1. The van der Waals surface area contributed by atoms with Crippen molar-refractivity contribution < 1.29 is 13.2 Å². The third kappa shape index (κ3) is 5.78. The van der Waals surface area contributed by atoms with E-state index in [0.717, 1.165) is 29.1 Å². The Balaban J connectivity index is 1.35. The number of carbonyl (C=O) groups is 1. The molecule has 1 amide bonds. The first-order chi connectivity index (χ1) is 15.0. The molecule has 0 spiro atoms. The van der Waals surface area contributed by atoms with Crippen LogP contribution >= 0.6 is 22.7 Å². The summed E-state index contributed by atoms with van der Waals surface area (Å²) in [5, 5.41) is 7.57. The molecule has 2 aromatic heterocycles. The van der Waals surface area contributed by atoms with Gasteiger partial charge in [-0.05, 0) is 48.6 Å². The van der Waals surface area contributed by atoms with Gasteiger partial charge in [-0.15, -0.1) is 22.7 Å². The Kier molecular flexibility index (Phi) is 6.79. The van der Waals surface area contributed by atoms with Gasteiger partial charge >= 0.3 is 0 Å². The Bertz CT molecular complexity index is 1170. The molecular weight excluding hydrogens is 452 g/mol. The smallest absolute Gasteiger partial charge is 0.262 e. The monoisotopic (exact) mass is 474 g/mol. The Morgan fingerprint density at radius 3 is 2.68 bits per heavy atom. The first kappa shape index (κ1) is 21.7. The molecule has 0 bridgehead atoms. The van der Waals surface area contributed by atoms with Crippen molar-refractivity contribution in [2.45, 2.75) is 37.0 Å². The maximum absolute atomic E-state index is 12.6. The molecule has 0 fully saturated rings. The number of aliphatic imine (C=N–C) groups is 1. The summed E-state index contributed by atoms with van der Waals surface area (Å²) in [5.74, 6) is 0.310. The average Bonchev–Trinajstić information content (AvgIpc) is 3.37. The first-order valence-corrected chi connectivity index (χ1v) is 13.2. The highest BCUT2D eigenvalue weighted by atomic mass is 32.2. The van der Waals surface area contributed by atoms with Crippen LogP contribution in [-0.2, 0) is 21.2 Å². The number of carbonyl (C=O) groups excluding carboxylic acids is 1. The minimum atomic E-state index is -3.69. The van der Waals surface area contributed by atoms with Crippen LogP contribution in [0.4, 0.5) is 5.69 Å². The summed E-state index contributed by atoms with van der Waals surface area (Å²) >= 11 is 3.12. The number of sulfonamides is 1. The highest BCUT2D eigenvalue weighted by molar-refractivity contribution is 7.90. The number of anilines is 1. The first-order valence-electron chi connectivity index (χ1n) is 9.94. The molecule has 1 aromatic carbocycles. The number of hydrogen-bond donors (Lipinski definition) is 2. The highest BCUT2D eigenvalue weighted by Gasteiger charge is 2.17. The van der Waals surface area contributed by atoms with Gasteiger partial charge in [-0.1, -0.05) is 12.5 Å². The lowest BCUT2D eigenvalue weighted by atomic mass is 10.2. The molecule has 0 saturated heterocycles. The van der Waals surface area contributed by atoms with Gasteiger partial charge < -0.3 is 5.32 Å². The number of thiophene rings is 1. The number of nitrogens with zero attached hydrogens (tertiary/aromatic N) is 2. The number of hydrogen-bond acceptors (Lipinski definition) is 7. The van der Waals surface area contributed by atoms with Crippen molar-refractivity contribution in [1.82, 2.24) is 9.71 Å². The molecule has 3 aromatic rings. The fraction of sp³-hybridized carbons (Fsp3) is 0.286. The predicted octanol–water partition coefficient (Wildman–Crippen LogP) is 4.30. The van der Waals surface area contributed by atoms with Crippen molar-refractivity contribution in [3.05, 3.63) is 52.9 Å². The fourth-order valence-corrected chi connectivity index (χ4v) is 5.88. The minimum Gasteiger partial charge on any atom is -0.326 e. The van der Waals surface area contributed by atoms with Crippen molar-refractivity contribution in [3.63, 3.8) is 0 Å². The average molecular weight is 475 g/mol. The molecule has 0 aliphatic carbocycles. The molecule has 162 valence electrons. The van der Waals surface area contributed by atoms with E-state index >= 15 is 0 Å². The molecule has 10 heteroatoms. The third-order valence-electron chi connectivity index (χ3n) is 4.70. The Hall–Kier alpha value is -2.56. The molecule has 4 rings (SSSR count). The molecule has 3 heterocycles. The van der Waals surface area contributed by atoms with Gasteiger partial charge in [-0.25, -0.2) is 13.4 Å². The van der Waals surface area contributed by atoms with E-state index in [0.29, 0.717) is 30.2 Å². The molecule has 0 unspecified atom stereocenters. The van der Waals surface area contributed by atoms with Gasteiger partial charge in [-0.2, -0.15) is 0 Å². The fourth-order valence-electron chi connectivity index (χ4n) is 3.16. The standard InChI is InChI=1S/C21H22N4O3S3/c26-20(13-16-14-30-21(24-16)18-5-4-12-29-18)23-15-7-9-17(10-8-15)31(27,28)25-19-6-2-1-3-11-22-19/h4-5,7-10,12,14H,1-3,6,11,13H2,(H,22,25)(H,23,26). The van der Waals surface area contributed by atoms with Gasteiger partial charge in [-0.3, -0.25) is 14.5 Å². The van der Waals surface area contributed by atoms with Crippen molar-refractivity contribution >= 4 is 50.1 Å². The van der Waals surface area contributed by atoms with Crippen LogP contribution in [-0.4, -0.2) is 31.7 Å². The largest absolute Gasteiger partial charge is 0.326 e. The van der Waals surface area contributed by atoms with Gasteiger partial charge in [0, 0.05) is 24.0 Å². The summed E-state index contributed by atoms with van der Waals surface area (Å²) in [6.07, 6.45) is 3.76.